The molecule has 0 aliphatic heterocycles. The van der Waals surface area contributed by atoms with Gasteiger partial charge in [0.1, 0.15) is 11.9 Å². The van der Waals surface area contributed by atoms with Gasteiger partial charge in [-0.3, -0.25) is 4.79 Å². The number of hydrogen-bond donors (Lipinski definition) is 2. The van der Waals surface area contributed by atoms with Crippen LogP contribution in [-0.4, -0.2) is 31.0 Å². The van der Waals surface area contributed by atoms with E-state index in [1.807, 2.05) is 6.92 Å². The van der Waals surface area contributed by atoms with Crippen molar-refractivity contribution in [1.29, 1.82) is 5.26 Å². The summed E-state index contributed by atoms with van der Waals surface area (Å²) in [4.78, 5) is 17.4. The highest BCUT2D eigenvalue weighted by Gasteiger charge is 2.15. The lowest BCUT2D eigenvalue weighted by Crippen LogP contribution is -2.37. The van der Waals surface area contributed by atoms with E-state index < -0.39 is 0 Å². The number of carbonyl (C=O) groups is 1. The van der Waals surface area contributed by atoms with Gasteiger partial charge in [-0.1, -0.05) is 6.92 Å². The first-order valence-corrected chi connectivity index (χ1v) is 5.73. The largest absolute Gasteiger partial charge is 0.397 e. The number of rotatable bonds is 5. The van der Waals surface area contributed by atoms with Crippen LogP contribution in [0, 0.1) is 11.3 Å². The van der Waals surface area contributed by atoms with E-state index in [0.29, 0.717) is 23.6 Å². The summed E-state index contributed by atoms with van der Waals surface area (Å²) in [6.07, 6.45) is 2.34. The van der Waals surface area contributed by atoms with Crippen molar-refractivity contribution in [2.24, 2.45) is 0 Å². The van der Waals surface area contributed by atoms with Gasteiger partial charge in [0.15, 0.2) is 0 Å². The fraction of sp³-hybridized carbons (Fsp3) is 0.417. The van der Waals surface area contributed by atoms with Gasteiger partial charge < -0.3 is 16.0 Å². The molecule has 18 heavy (non-hydrogen) atoms. The third-order valence-corrected chi connectivity index (χ3v) is 2.41. The summed E-state index contributed by atoms with van der Waals surface area (Å²) in [7, 11) is 1.58. The zero-order valence-corrected chi connectivity index (χ0v) is 10.6. The van der Waals surface area contributed by atoms with Crippen LogP contribution >= 0.6 is 0 Å². The number of nitrogen functional groups attached to an aromatic ring is 1. The second-order valence-corrected chi connectivity index (χ2v) is 3.85. The molecule has 0 aliphatic carbocycles. The van der Waals surface area contributed by atoms with E-state index >= 15 is 0 Å². The van der Waals surface area contributed by atoms with Crippen LogP contribution in [0.25, 0.3) is 0 Å². The molecule has 0 radical (unpaired) electrons. The molecule has 1 aromatic rings. The standard InChI is InChI=1S/C12H17N5O/c1-3-4-17(8-11(18)15-2)12-9(6-13)5-10(14)7-16-12/h5,7H,3-4,8,14H2,1-2H3,(H,15,18). The number of anilines is 2. The number of carbonyl (C=O) groups excluding carboxylic acids is 1. The minimum atomic E-state index is -0.119. The molecular formula is C12H17N5O. The maximum Gasteiger partial charge on any atom is 0.239 e. The number of nitrogens with one attached hydrogen (secondary N) is 1. The molecule has 1 heterocycles. The van der Waals surface area contributed by atoms with Gasteiger partial charge in [0.2, 0.25) is 5.91 Å². The lowest BCUT2D eigenvalue weighted by Gasteiger charge is -2.23. The Hall–Kier alpha value is -2.29. The number of hydrogen-bond acceptors (Lipinski definition) is 5. The lowest BCUT2D eigenvalue weighted by molar-refractivity contribution is -0.119. The first-order valence-electron chi connectivity index (χ1n) is 5.73. The van der Waals surface area contributed by atoms with Crippen molar-refractivity contribution in [1.82, 2.24) is 10.3 Å². The number of nitriles is 1. The molecule has 0 spiro atoms. The van der Waals surface area contributed by atoms with Crippen molar-refractivity contribution >= 4 is 17.4 Å². The molecule has 0 unspecified atom stereocenters. The van der Waals surface area contributed by atoms with Gasteiger partial charge in [-0.25, -0.2) is 4.98 Å². The number of nitrogens with zero attached hydrogens (tertiary/aromatic N) is 3. The summed E-state index contributed by atoms with van der Waals surface area (Å²) in [5.74, 6) is 0.378. The molecule has 3 N–H and O–H groups in total. The Balaban J connectivity index is 3.05. The summed E-state index contributed by atoms with van der Waals surface area (Å²) in [6.45, 7) is 2.83. The predicted molar refractivity (Wildman–Crippen MR) is 69.9 cm³/mol. The molecule has 1 aromatic heterocycles. The van der Waals surface area contributed by atoms with Crippen molar-refractivity contribution in [2.75, 3.05) is 30.8 Å². The molecule has 0 bridgehead atoms. The summed E-state index contributed by atoms with van der Waals surface area (Å²) >= 11 is 0. The molecular weight excluding hydrogens is 230 g/mol. The minimum Gasteiger partial charge on any atom is -0.397 e. The Labute approximate surface area is 106 Å². The Kier molecular flexibility index (Phi) is 4.93. The fourth-order valence-corrected chi connectivity index (χ4v) is 1.59. The van der Waals surface area contributed by atoms with Crippen LogP contribution < -0.4 is 16.0 Å². The van der Waals surface area contributed by atoms with Gasteiger partial charge in [0.25, 0.3) is 0 Å². The molecule has 1 amide bonds. The van der Waals surface area contributed by atoms with Gasteiger partial charge in [-0.2, -0.15) is 5.26 Å². The van der Waals surface area contributed by atoms with Crippen molar-refractivity contribution < 1.29 is 4.79 Å². The topological polar surface area (TPSA) is 95.0 Å². The number of likely N-dealkylation sites (N-methyl/N-ethyl adjacent to an activating group) is 1. The first-order chi connectivity index (χ1) is 8.62. The molecule has 0 aliphatic rings. The van der Waals surface area contributed by atoms with Crippen LogP contribution in [0.4, 0.5) is 11.5 Å². The van der Waals surface area contributed by atoms with E-state index in [0.717, 1.165) is 6.42 Å². The second-order valence-electron chi connectivity index (χ2n) is 3.85. The monoisotopic (exact) mass is 247 g/mol. The zero-order valence-electron chi connectivity index (χ0n) is 10.6. The molecule has 0 fully saturated rings. The fourth-order valence-electron chi connectivity index (χ4n) is 1.59. The average molecular weight is 247 g/mol. The van der Waals surface area contributed by atoms with Crippen molar-refractivity contribution in [2.45, 2.75) is 13.3 Å². The van der Waals surface area contributed by atoms with E-state index in [4.69, 9.17) is 11.0 Å². The van der Waals surface area contributed by atoms with E-state index in [2.05, 4.69) is 16.4 Å². The molecule has 0 saturated carbocycles. The van der Waals surface area contributed by atoms with Crippen molar-refractivity contribution in [3.05, 3.63) is 17.8 Å². The molecule has 1 rings (SSSR count). The number of pyridine rings is 1. The first kappa shape index (κ1) is 13.8. The van der Waals surface area contributed by atoms with Gasteiger partial charge in [0.05, 0.1) is 24.0 Å². The average Bonchev–Trinajstić information content (AvgIpc) is 2.37. The lowest BCUT2D eigenvalue weighted by atomic mass is 10.2. The van der Waals surface area contributed by atoms with Gasteiger partial charge in [-0.05, 0) is 12.5 Å². The minimum absolute atomic E-state index is 0.119. The number of amides is 1. The van der Waals surface area contributed by atoms with Gasteiger partial charge >= 0.3 is 0 Å². The number of aromatic nitrogens is 1. The highest BCUT2D eigenvalue weighted by Crippen LogP contribution is 2.19. The van der Waals surface area contributed by atoms with Gasteiger partial charge in [-0.15, -0.1) is 0 Å². The molecule has 6 heteroatoms. The second kappa shape index (κ2) is 6.45. The third kappa shape index (κ3) is 3.35. The van der Waals surface area contributed by atoms with E-state index in [9.17, 15) is 4.79 Å². The van der Waals surface area contributed by atoms with Crippen LogP contribution in [0.5, 0.6) is 0 Å². The van der Waals surface area contributed by atoms with Gasteiger partial charge in [0, 0.05) is 13.6 Å². The molecule has 0 saturated heterocycles. The normalized spacial score (nSPS) is 9.61. The maximum atomic E-state index is 11.4. The van der Waals surface area contributed by atoms with Crippen LogP contribution in [0.15, 0.2) is 12.3 Å². The Morgan fingerprint density at radius 3 is 2.94 bits per heavy atom. The van der Waals surface area contributed by atoms with E-state index in [1.54, 1.807) is 18.0 Å². The Bertz CT molecular complexity index is 466. The Morgan fingerprint density at radius 2 is 2.39 bits per heavy atom. The third-order valence-electron chi connectivity index (χ3n) is 2.41. The summed E-state index contributed by atoms with van der Waals surface area (Å²) in [5, 5.41) is 11.6. The summed E-state index contributed by atoms with van der Waals surface area (Å²) in [5.41, 5.74) is 6.41. The smallest absolute Gasteiger partial charge is 0.239 e. The van der Waals surface area contributed by atoms with Crippen LogP contribution in [0.3, 0.4) is 0 Å². The quantitative estimate of drug-likeness (QED) is 0.790. The molecule has 96 valence electrons. The van der Waals surface area contributed by atoms with Crippen LogP contribution in [0.1, 0.15) is 18.9 Å². The zero-order chi connectivity index (χ0) is 13.5. The van der Waals surface area contributed by atoms with Crippen LogP contribution in [0.2, 0.25) is 0 Å². The SMILES string of the molecule is CCCN(CC(=O)NC)c1ncc(N)cc1C#N. The predicted octanol–water partition coefficient (Wildman–Crippen LogP) is 0.498. The van der Waals surface area contributed by atoms with Crippen molar-refractivity contribution in [3.63, 3.8) is 0 Å². The van der Waals surface area contributed by atoms with E-state index in [1.165, 1.54) is 6.20 Å². The maximum absolute atomic E-state index is 11.4. The highest BCUT2D eigenvalue weighted by molar-refractivity contribution is 5.81. The Morgan fingerprint density at radius 1 is 1.67 bits per heavy atom. The molecule has 0 atom stereocenters. The summed E-state index contributed by atoms with van der Waals surface area (Å²) in [6, 6.07) is 3.61. The van der Waals surface area contributed by atoms with E-state index in [-0.39, 0.29) is 12.5 Å². The number of nitrogens with two attached hydrogens (primary N) is 1. The summed E-state index contributed by atoms with van der Waals surface area (Å²) < 4.78 is 0. The molecule has 0 aromatic carbocycles. The van der Waals surface area contributed by atoms with Crippen molar-refractivity contribution in [3.8, 4) is 6.07 Å². The highest BCUT2D eigenvalue weighted by atomic mass is 16.1. The van der Waals surface area contributed by atoms with Crippen LogP contribution in [-0.2, 0) is 4.79 Å². The molecule has 6 nitrogen and oxygen atoms in total.